The second-order valence-corrected chi connectivity index (χ2v) is 29.3. The van der Waals surface area contributed by atoms with Crippen LogP contribution in [0.25, 0.3) is 0 Å². The molecule has 592 valence electrons. The lowest BCUT2D eigenvalue weighted by Gasteiger charge is -2.50. The first-order valence-corrected chi connectivity index (χ1v) is 40.2. The van der Waals surface area contributed by atoms with Gasteiger partial charge in [-0.05, 0) is 44.9 Å². The Hall–Kier alpha value is -2.79. The van der Waals surface area contributed by atoms with E-state index >= 15 is 0 Å². The molecule has 0 radical (unpaired) electrons. The van der Waals surface area contributed by atoms with Crippen LogP contribution in [0.3, 0.4) is 0 Å². The van der Waals surface area contributed by atoms with Crippen molar-refractivity contribution in [1.29, 1.82) is 0 Å². The number of allylic oxidation sites excluding steroid dienone is 4. The van der Waals surface area contributed by atoms with Crippen LogP contribution in [-0.2, 0) is 42.8 Å². The Morgan fingerprint density at radius 2 is 0.950 bits per heavy atom. The van der Waals surface area contributed by atoms with Crippen molar-refractivity contribution in [1.82, 2.24) is 10.6 Å². The van der Waals surface area contributed by atoms with Gasteiger partial charge in [0.25, 0.3) is 5.79 Å². The minimum absolute atomic E-state index is 0.225. The standard InChI is InChI=1S/C78H144N2O21/c1-4-6-8-10-12-14-16-17-18-19-20-21-22-23-24-25-26-27-28-29-30-31-32-33-34-35-36-37-38-39-40-41-42-44-46-48-50-52-65(88)80-59(60(85)51-49-47-45-43-15-13-11-9-7-5-2)57-96-75-70(92)69(91)72(64(56-83)98-75)99-76-71(93)74(68(90)63(55-82)97-76)101-78(77(94)95)53-61(86)66(79-58(3)84)73(100-78)67(89)62(87)54-81/h24-25,27-28,59-64,66-76,81-83,85-87,89-93H,4-23,26,29-57H2,1-3H3,(H,79,84)(H,80,88)(H,94,95)/b25-24-,28-27-. The number of unbranched alkanes of at least 4 members (excludes halogenated alkanes) is 39. The van der Waals surface area contributed by atoms with E-state index in [0.29, 0.717) is 19.3 Å². The third kappa shape index (κ3) is 38.0. The van der Waals surface area contributed by atoms with Crippen LogP contribution >= 0.6 is 0 Å². The molecule has 3 aliphatic rings. The van der Waals surface area contributed by atoms with Crippen molar-refractivity contribution >= 4 is 17.8 Å². The molecule has 0 bridgehead atoms. The molecule has 3 rings (SSSR count). The van der Waals surface area contributed by atoms with E-state index < -0.39 is 148 Å². The second-order valence-electron chi connectivity index (χ2n) is 29.3. The molecule has 2 amide bonds. The summed E-state index contributed by atoms with van der Waals surface area (Å²) in [6.07, 6.45) is 33.8. The van der Waals surface area contributed by atoms with Crippen molar-refractivity contribution in [3.05, 3.63) is 24.3 Å². The maximum absolute atomic E-state index is 13.5. The number of rotatable bonds is 63. The molecule has 23 nitrogen and oxygen atoms in total. The number of aliphatic hydroxyl groups excluding tert-OH is 11. The molecule has 0 aromatic heterocycles. The minimum atomic E-state index is -3.08. The minimum Gasteiger partial charge on any atom is -0.477 e. The van der Waals surface area contributed by atoms with Gasteiger partial charge >= 0.3 is 5.97 Å². The Kier molecular flexibility index (Phi) is 52.5. The number of carbonyl (C=O) groups excluding carboxylic acids is 2. The zero-order chi connectivity index (χ0) is 73.9. The zero-order valence-electron chi connectivity index (χ0n) is 62.5. The van der Waals surface area contributed by atoms with E-state index in [0.717, 1.165) is 64.7 Å². The number of carbonyl (C=O) groups is 3. The van der Waals surface area contributed by atoms with Crippen molar-refractivity contribution < 1.29 is 104 Å². The normalized spacial score (nSPS) is 26.9. The summed E-state index contributed by atoms with van der Waals surface area (Å²) < 4.78 is 34.9. The highest BCUT2D eigenvalue weighted by molar-refractivity contribution is 5.77. The van der Waals surface area contributed by atoms with E-state index in [9.17, 15) is 75.7 Å². The van der Waals surface area contributed by atoms with Gasteiger partial charge in [0.15, 0.2) is 12.6 Å². The van der Waals surface area contributed by atoms with Crippen molar-refractivity contribution in [2.45, 2.75) is 426 Å². The van der Waals surface area contributed by atoms with Crippen molar-refractivity contribution in [3.63, 3.8) is 0 Å². The Labute approximate surface area is 606 Å². The molecule has 3 aliphatic heterocycles. The fourth-order valence-corrected chi connectivity index (χ4v) is 14.0. The van der Waals surface area contributed by atoms with Crippen molar-refractivity contribution in [3.8, 4) is 0 Å². The quantitative estimate of drug-likeness (QED) is 0.0199. The lowest BCUT2D eigenvalue weighted by molar-refractivity contribution is -0.386. The molecule has 0 aromatic carbocycles. The number of aliphatic carboxylic acids is 1. The predicted octanol–water partition coefficient (Wildman–Crippen LogP) is 10.4. The van der Waals surface area contributed by atoms with Gasteiger partial charge in [-0.1, -0.05) is 276 Å². The van der Waals surface area contributed by atoms with Gasteiger partial charge in [-0.25, -0.2) is 4.79 Å². The van der Waals surface area contributed by atoms with Gasteiger partial charge in [0, 0.05) is 19.8 Å². The smallest absolute Gasteiger partial charge is 0.364 e. The Balaban J connectivity index is 1.39. The summed E-state index contributed by atoms with van der Waals surface area (Å²) in [6.45, 7) is 2.20. The van der Waals surface area contributed by atoms with Crippen LogP contribution in [0.15, 0.2) is 24.3 Å². The molecular formula is C78H144N2O21. The number of ether oxygens (including phenoxy) is 6. The fraction of sp³-hybridized carbons (Fsp3) is 0.910. The van der Waals surface area contributed by atoms with Gasteiger partial charge in [0.05, 0.1) is 50.7 Å². The molecule has 18 unspecified atom stereocenters. The molecule has 18 atom stereocenters. The number of carboxylic acids is 1. The molecule has 0 spiro atoms. The van der Waals surface area contributed by atoms with E-state index in [1.807, 2.05) is 0 Å². The molecular weight excluding hydrogens is 1300 g/mol. The molecule has 23 heteroatoms. The molecule has 3 heterocycles. The molecule has 0 saturated carbocycles. The van der Waals surface area contributed by atoms with Gasteiger partial charge in [0.2, 0.25) is 11.8 Å². The Bertz CT molecular complexity index is 2110. The third-order valence-corrected chi connectivity index (χ3v) is 20.4. The summed E-state index contributed by atoms with van der Waals surface area (Å²) >= 11 is 0. The van der Waals surface area contributed by atoms with E-state index in [1.54, 1.807) is 0 Å². The van der Waals surface area contributed by atoms with Crippen LogP contribution < -0.4 is 10.6 Å². The third-order valence-electron chi connectivity index (χ3n) is 20.4. The maximum Gasteiger partial charge on any atom is 0.364 e. The molecule has 101 heavy (non-hydrogen) atoms. The van der Waals surface area contributed by atoms with Crippen molar-refractivity contribution in [2.24, 2.45) is 0 Å². The highest BCUT2D eigenvalue weighted by Gasteiger charge is 2.60. The Morgan fingerprint density at radius 1 is 0.515 bits per heavy atom. The molecule has 14 N–H and O–H groups in total. The summed E-state index contributed by atoms with van der Waals surface area (Å²) in [5.41, 5.74) is 0. The monoisotopic (exact) mass is 1450 g/mol. The molecule has 0 aromatic rings. The Morgan fingerprint density at radius 3 is 1.39 bits per heavy atom. The number of nitrogens with one attached hydrogen (secondary N) is 2. The molecule has 3 saturated heterocycles. The molecule has 3 fully saturated rings. The van der Waals surface area contributed by atoms with E-state index in [1.165, 1.54) is 205 Å². The van der Waals surface area contributed by atoms with E-state index in [2.05, 4.69) is 48.8 Å². The summed E-state index contributed by atoms with van der Waals surface area (Å²) in [5.74, 6) is -6.10. The zero-order valence-corrected chi connectivity index (χ0v) is 62.5. The number of hydrogen-bond donors (Lipinski definition) is 14. The van der Waals surface area contributed by atoms with Gasteiger partial charge in [-0.2, -0.15) is 0 Å². The maximum atomic E-state index is 13.5. The summed E-state index contributed by atoms with van der Waals surface area (Å²) in [4.78, 5) is 38.6. The number of aliphatic hydroxyl groups is 11. The summed E-state index contributed by atoms with van der Waals surface area (Å²) in [7, 11) is 0. The first-order chi connectivity index (χ1) is 48.9. The van der Waals surface area contributed by atoms with E-state index in [-0.39, 0.29) is 18.9 Å². The van der Waals surface area contributed by atoms with Gasteiger partial charge in [-0.3, -0.25) is 9.59 Å². The SMILES string of the molecule is CCCCCCCCCCCCCCC/C=C\C/C=C\CCCCCCCCCCCCCCCCCCCC(=O)NC(COC1OC(CO)C(OC2OC(CO)C(O)C(OC3(C(=O)O)CC(O)C(NC(C)=O)C(C(O)C(O)CO)O3)C2O)C(O)C1O)C(O)CCCCCCCCCCCC. The topological polar surface area (TPSA) is 373 Å². The van der Waals surface area contributed by atoms with E-state index in [4.69, 9.17) is 28.4 Å². The van der Waals surface area contributed by atoms with Gasteiger partial charge in [0.1, 0.15) is 67.1 Å². The highest BCUT2D eigenvalue weighted by atomic mass is 16.8. The summed E-state index contributed by atoms with van der Waals surface area (Å²) in [5, 5.41) is 136. The average molecular weight is 1450 g/mol. The fourth-order valence-electron chi connectivity index (χ4n) is 14.0. The number of carboxylic acid groups (broad SMARTS) is 1. The van der Waals surface area contributed by atoms with Gasteiger partial charge in [-0.15, -0.1) is 0 Å². The highest BCUT2D eigenvalue weighted by Crippen LogP contribution is 2.39. The van der Waals surface area contributed by atoms with Crippen LogP contribution in [0.2, 0.25) is 0 Å². The predicted molar refractivity (Wildman–Crippen MR) is 389 cm³/mol. The first-order valence-electron chi connectivity index (χ1n) is 40.2. The average Bonchev–Trinajstić information content (AvgIpc) is 0.756. The number of hydrogen-bond acceptors (Lipinski definition) is 20. The largest absolute Gasteiger partial charge is 0.477 e. The van der Waals surface area contributed by atoms with Crippen LogP contribution in [0.5, 0.6) is 0 Å². The van der Waals surface area contributed by atoms with Crippen LogP contribution in [0, 0.1) is 0 Å². The van der Waals surface area contributed by atoms with Crippen LogP contribution in [-0.4, -0.2) is 215 Å². The lowest BCUT2D eigenvalue weighted by Crippen LogP contribution is -2.70. The van der Waals surface area contributed by atoms with Gasteiger partial charge < -0.3 is 100 Å². The molecule has 0 aliphatic carbocycles. The summed E-state index contributed by atoms with van der Waals surface area (Å²) in [6, 6.07) is -2.53. The first kappa shape index (κ1) is 92.4. The van der Waals surface area contributed by atoms with Crippen molar-refractivity contribution in [2.75, 3.05) is 26.4 Å². The van der Waals surface area contributed by atoms with Crippen LogP contribution in [0.4, 0.5) is 0 Å². The second kappa shape index (κ2) is 57.4. The van der Waals surface area contributed by atoms with Crippen LogP contribution in [0.1, 0.15) is 316 Å². The number of amides is 2. The lowest BCUT2D eigenvalue weighted by atomic mass is 9.88.